The number of pyridine rings is 2. The number of anilines is 1. The van der Waals surface area contributed by atoms with Crippen molar-refractivity contribution < 1.29 is 27.6 Å². The van der Waals surface area contributed by atoms with Crippen molar-refractivity contribution in [1.29, 1.82) is 0 Å². The van der Waals surface area contributed by atoms with E-state index in [0.29, 0.717) is 38.9 Å². The van der Waals surface area contributed by atoms with Gasteiger partial charge in [0.15, 0.2) is 0 Å². The van der Waals surface area contributed by atoms with Crippen LogP contribution < -0.4 is 10.6 Å². The fourth-order valence-electron chi connectivity index (χ4n) is 5.77. The molecule has 6 aromatic rings. The normalized spacial score (nSPS) is 11.9. The summed E-state index contributed by atoms with van der Waals surface area (Å²) in [5.41, 5.74) is 3.35. The van der Waals surface area contributed by atoms with Crippen molar-refractivity contribution in [3.05, 3.63) is 161 Å². The first-order valence-electron chi connectivity index (χ1n) is 16.0. The van der Waals surface area contributed by atoms with Crippen molar-refractivity contribution >= 4 is 34.4 Å². The molecule has 2 heterocycles. The summed E-state index contributed by atoms with van der Waals surface area (Å²) in [5.74, 6) is -1.01. The summed E-state index contributed by atoms with van der Waals surface area (Å²) >= 11 is 0. The van der Waals surface area contributed by atoms with E-state index in [2.05, 4.69) is 20.6 Å². The number of aromatic nitrogens is 2. The maximum Gasteiger partial charge on any atom is 0.416 e. The van der Waals surface area contributed by atoms with Crippen molar-refractivity contribution in [1.82, 2.24) is 20.2 Å². The zero-order chi connectivity index (χ0) is 36.1. The van der Waals surface area contributed by atoms with Gasteiger partial charge in [-0.2, -0.15) is 13.2 Å². The number of carbonyl (C=O) groups is 3. The maximum atomic E-state index is 13.6. The van der Waals surface area contributed by atoms with Crippen LogP contribution in [0.15, 0.2) is 128 Å². The number of carbonyl (C=O) groups excluding carboxylic acids is 3. The molecule has 0 saturated heterocycles. The topological polar surface area (TPSA) is 104 Å². The summed E-state index contributed by atoms with van der Waals surface area (Å²) in [6.45, 7) is 2.05. The molecule has 0 spiro atoms. The fraction of sp³-hybridized carbons (Fsp3) is 0.125. The number of rotatable bonds is 9. The number of aryl methyl sites for hydroxylation is 1. The molecule has 0 bridgehead atoms. The number of hydrogen-bond donors (Lipinski definition) is 2. The zero-order valence-corrected chi connectivity index (χ0v) is 27.6. The lowest BCUT2D eigenvalue weighted by atomic mass is 9.94. The second kappa shape index (κ2) is 14.6. The van der Waals surface area contributed by atoms with Crippen molar-refractivity contribution in [2.75, 3.05) is 12.4 Å². The van der Waals surface area contributed by atoms with Crippen molar-refractivity contribution in [3.63, 3.8) is 0 Å². The molecule has 4 aromatic carbocycles. The van der Waals surface area contributed by atoms with Gasteiger partial charge in [-0.25, -0.2) is 4.98 Å². The number of alkyl halides is 3. The van der Waals surface area contributed by atoms with E-state index in [-0.39, 0.29) is 23.8 Å². The van der Waals surface area contributed by atoms with Crippen LogP contribution in [0.5, 0.6) is 0 Å². The molecule has 0 unspecified atom stereocenters. The predicted molar refractivity (Wildman–Crippen MR) is 189 cm³/mol. The Hall–Kier alpha value is -6.36. The van der Waals surface area contributed by atoms with E-state index >= 15 is 0 Å². The summed E-state index contributed by atoms with van der Waals surface area (Å²) in [6.07, 6.45) is -2.82. The summed E-state index contributed by atoms with van der Waals surface area (Å²) in [5, 5.41) is 6.30. The molecule has 256 valence electrons. The van der Waals surface area contributed by atoms with Gasteiger partial charge in [0, 0.05) is 29.8 Å². The van der Waals surface area contributed by atoms with Gasteiger partial charge in [0.1, 0.15) is 11.9 Å². The van der Waals surface area contributed by atoms with Gasteiger partial charge < -0.3 is 15.5 Å². The molecule has 0 aliphatic carbocycles. The van der Waals surface area contributed by atoms with Crippen molar-refractivity contribution in [2.24, 2.45) is 0 Å². The number of nitrogens with zero attached hydrogens (tertiary/aromatic N) is 3. The molecule has 0 saturated carbocycles. The SMILES string of the molecule is Cc1cccc(C(=O)Nc2ccc3cc(C(=O)N[C@H](C(=O)N(C)Cc4ccccn4)c4ccccc4)ccc3n2)c1-c1ccc(C(F)(F)F)cc1. The second-order valence-electron chi connectivity index (χ2n) is 12.0. The quantitative estimate of drug-likeness (QED) is 0.160. The van der Waals surface area contributed by atoms with Crippen LogP contribution in [-0.2, 0) is 17.5 Å². The average Bonchev–Trinajstić information content (AvgIpc) is 3.13. The summed E-state index contributed by atoms with van der Waals surface area (Å²) in [4.78, 5) is 51.0. The van der Waals surface area contributed by atoms with Crippen LogP contribution in [0, 0.1) is 6.92 Å². The van der Waals surface area contributed by atoms with Crippen LogP contribution in [0.4, 0.5) is 19.0 Å². The molecule has 0 aliphatic heterocycles. The Kier molecular flexibility index (Phi) is 9.90. The third-order valence-corrected chi connectivity index (χ3v) is 8.37. The third-order valence-electron chi connectivity index (χ3n) is 8.37. The smallest absolute Gasteiger partial charge is 0.338 e. The highest BCUT2D eigenvalue weighted by Crippen LogP contribution is 2.33. The van der Waals surface area contributed by atoms with Crippen LogP contribution in [0.2, 0.25) is 0 Å². The fourth-order valence-corrected chi connectivity index (χ4v) is 5.77. The number of amides is 3. The minimum absolute atomic E-state index is 0.246. The molecular formula is C40H32F3N5O3. The number of halogens is 3. The number of benzene rings is 4. The minimum atomic E-state index is -4.47. The van der Waals surface area contributed by atoms with Crippen LogP contribution in [0.3, 0.4) is 0 Å². The third kappa shape index (κ3) is 7.94. The molecule has 6 rings (SSSR count). The molecule has 3 amide bonds. The standard InChI is InChI=1S/C40H32F3N5O3/c1-25-9-8-13-32(35(25)26-14-18-30(19-15-26)40(41,42)43)38(50)46-34-21-17-28-23-29(16-20-33(28)45-34)37(49)47-36(27-10-4-3-5-11-27)39(51)48(2)24-31-12-6-7-22-44-31/h3-23,36H,24H2,1-2H3,(H,47,49)(H,45,46,50)/t36-/m0/s1. The molecule has 0 fully saturated rings. The Bertz CT molecular complexity index is 2210. The van der Waals surface area contributed by atoms with Gasteiger partial charge in [0.05, 0.1) is 23.3 Å². The zero-order valence-electron chi connectivity index (χ0n) is 27.6. The predicted octanol–water partition coefficient (Wildman–Crippen LogP) is 8.01. The Labute approximate surface area is 292 Å². The highest BCUT2D eigenvalue weighted by molar-refractivity contribution is 6.09. The number of fused-ring (bicyclic) bond motifs is 1. The van der Waals surface area contributed by atoms with Crippen molar-refractivity contribution in [3.8, 4) is 11.1 Å². The monoisotopic (exact) mass is 687 g/mol. The molecule has 2 N–H and O–H groups in total. The molecular weight excluding hydrogens is 655 g/mol. The molecule has 1 atom stereocenters. The van der Waals surface area contributed by atoms with Gasteiger partial charge in [-0.1, -0.05) is 60.7 Å². The van der Waals surface area contributed by atoms with Crippen LogP contribution in [0.25, 0.3) is 22.0 Å². The molecule has 0 aliphatic rings. The lowest BCUT2D eigenvalue weighted by molar-refractivity contribution is -0.137. The largest absolute Gasteiger partial charge is 0.416 e. The van der Waals surface area contributed by atoms with Crippen LogP contribution >= 0.6 is 0 Å². The van der Waals surface area contributed by atoms with Gasteiger partial charge in [0.2, 0.25) is 5.91 Å². The first-order chi connectivity index (χ1) is 24.5. The van der Waals surface area contributed by atoms with E-state index in [0.717, 1.165) is 17.7 Å². The molecule has 11 heteroatoms. The van der Waals surface area contributed by atoms with Gasteiger partial charge in [-0.15, -0.1) is 0 Å². The first kappa shape index (κ1) is 34.5. The van der Waals surface area contributed by atoms with Gasteiger partial charge in [-0.05, 0) is 89.8 Å². The highest BCUT2D eigenvalue weighted by Gasteiger charge is 2.30. The number of hydrogen-bond acceptors (Lipinski definition) is 5. The van der Waals surface area contributed by atoms with E-state index < -0.39 is 29.6 Å². The Morgan fingerprint density at radius 1 is 0.804 bits per heavy atom. The van der Waals surface area contributed by atoms with E-state index in [1.54, 1.807) is 99.0 Å². The Morgan fingerprint density at radius 2 is 1.55 bits per heavy atom. The second-order valence-corrected chi connectivity index (χ2v) is 12.0. The van der Waals surface area contributed by atoms with E-state index in [9.17, 15) is 27.6 Å². The van der Waals surface area contributed by atoms with Gasteiger partial charge in [0.25, 0.3) is 11.8 Å². The Balaban J connectivity index is 1.19. The summed E-state index contributed by atoms with van der Waals surface area (Å²) in [6, 6.07) is 31.4. The molecule has 8 nitrogen and oxygen atoms in total. The molecule has 51 heavy (non-hydrogen) atoms. The van der Waals surface area contributed by atoms with Crippen molar-refractivity contribution in [2.45, 2.75) is 25.7 Å². The number of likely N-dealkylation sites (N-methyl/N-ethyl adjacent to an activating group) is 1. The molecule has 0 radical (unpaired) electrons. The van der Waals surface area contributed by atoms with E-state index in [1.165, 1.54) is 17.0 Å². The van der Waals surface area contributed by atoms with Crippen LogP contribution in [-0.4, -0.2) is 39.6 Å². The van der Waals surface area contributed by atoms with E-state index in [4.69, 9.17) is 0 Å². The lowest BCUT2D eigenvalue weighted by Gasteiger charge is -2.25. The lowest BCUT2D eigenvalue weighted by Crippen LogP contribution is -2.41. The van der Waals surface area contributed by atoms with E-state index in [1.807, 2.05) is 18.2 Å². The Morgan fingerprint density at radius 3 is 2.25 bits per heavy atom. The van der Waals surface area contributed by atoms with Gasteiger partial charge >= 0.3 is 6.18 Å². The van der Waals surface area contributed by atoms with Crippen LogP contribution in [0.1, 0.15) is 49.1 Å². The number of nitrogens with one attached hydrogen (secondary N) is 2. The maximum absolute atomic E-state index is 13.6. The summed E-state index contributed by atoms with van der Waals surface area (Å²) < 4.78 is 39.4. The highest BCUT2D eigenvalue weighted by atomic mass is 19.4. The molecule has 2 aromatic heterocycles. The summed E-state index contributed by atoms with van der Waals surface area (Å²) in [7, 11) is 1.66. The van der Waals surface area contributed by atoms with Gasteiger partial charge in [-0.3, -0.25) is 19.4 Å². The first-order valence-corrected chi connectivity index (χ1v) is 16.0. The minimum Gasteiger partial charge on any atom is -0.338 e. The average molecular weight is 688 g/mol.